The average molecular weight is 366 g/mol. The van der Waals surface area contributed by atoms with Crippen LogP contribution in [0.3, 0.4) is 0 Å². The summed E-state index contributed by atoms with van der Waals surface area (Å²) in [5.74, 6) is -0.0622. The van der Waals surface area contributed by atoms with Gasteiger partial charge in [-0.15, -0.1) is 11.3 Å². The summed E-state index contributed by atoms with van der Waals surface area (Å²) in [5.41, 5.74) is 2.45. The Morgan fingerprint density at radius 1 is 1.43 bits per heavy atom. The zero-order valence-electron chi connectivity index (χ0n) is 11.7. The van der Waals surface area contributed by atoms with E-state index in [0.29, 0.717) is 0 Å². The number of halogens is 1. The zero-order valence-corrected chi connectivity index (χ0v) is 14.1. The summed E-state index contributed by atoms with van der Waals surface area (Å²) < 4.78 is 1.11. The van der Waals surface area contributed by atoms with Gasteiger partial charge in [0.05, 0.1) is 5.69 Å². The van der Waals surface area contributed by atoms with Crippen LogP contribution in [0.2, 0.25) is 0 Å². The summed E-state index contributed by atoms with van der Waals surface area (Å²) in [6.07, 6.45) is 0.946. The van der Waals surface area contributed by atoms with Crippen LogP contribution in [-0.4, -0.2) is 22.3 Å². The lowest BCUT2D eigenvalue weighted by Gasteiger charge is -2.25. The van der Waals surface area contributed by atoms with E-state index < -0.39 is 0 Å². The van der Waals surface area contributed by atoms with Crippen molar-refractivity contribution in [2.24, 2.45) is 0 Å². The van der Waals surface area contributed by atoms with Crippen molar-refractivity contribution in [2.45, 2.75) is 26.4 Å². The Hall–Kier alpha value is -1.24. The van der Waals surface area contributed by atoms with Crippen LogP contribution in [-0.2, 0) is 24.3 Å². The summed E-state index contributed by atoms with van der Waals surface area (Å²) >= 11 is 5.05. The van der Waals surface area contributed by atoms with Crippen molar-refractivity contribution in [2.75, 3.05) is 11.9 Å². The van der Waals surface area contributed by atoms with Crippen LogP contribution in [0.15, 0.2) is 28.7 Å². The van der Waals surface area contributed by atoms with Crippen molar-refractivity contribution in [3.63, 3.8) is 0 Å². The first-order valence-corrected chi connectivity index (χ1v) is 8.44. The first-order chi connectivity index (χ1) is 10.1. The van der Waals surface area contributed by atoms with Gasteiger partial charge in [-0.25, -0.2) is 4.98 Å². The van der Waals surface area contributed by atoms with Crippen LogP contribution in [0.5, 0.6) is 0 Å². The lowest BCUT2D eigenvalue weighted by atomic mass is 10.1. The number of hydrogen-bond donors (Lipinski definition) is 1. The first-order valence-electron chi connectivity index (χ1n) is 6.83. The van der Waals surface area contributed by atoms with Crippen LogP contribution in [0.25, 0.3) is 0 Å². The molecule has 0 aliphatic carbocycles. The second-order valence-electron chi connectivity index (χ2n) is 5.16. The third-order valence-electron chi connectivity index (χ3n) is 3.41. The van der Waals surface area contributed by atoms with Gasteiger partial charge in [0.25, 0.3) is 0 Å². The molecule has 1 aromatic heterocycles. The molecule has 1 N–H and O–H groups in total. The summed E-state index contributed by atoms with van der Waals surface area (Å²) in [7, 11) is 0. The second-order valence-corrected chi connectivity index (χ2v) is 7.16. The van der Waals surface area contributed by atoms with Gasteiger partial charge in [0, 0.05) is 42.3 Å². The minimum Gasteiger partial charge on any atom is -0.302 e. The molecule has 3 rings (SSSR count). The molecule has 21 heavy (non-hydrogen) atoms. The van der Waals surface area contributed by atoms with Gasteiger partial charge in [-0.3, -0.25) is 9.69 Å². The number of rotatable bonds is 3. The molecule has 0 bridgehead atoms. The van der Waals surface area contributed by atoms with Crippen molar-refractivity contribution in [3.05, 3.63) is 44.9 Å². The molecule has 0 atom stereocenters. The number of carbonyl (C=O) groups is 1. The predicted molar refractivity (Wildman–Crippen MR) is 88.4 cm³/mol. The Kier molecular flexibility index (Phi) is 4.37. The maximum Gasteiger partial charge on any atom is 0.223 e. The maximum absolute atomic E-state index is 11.1. The predicted octanol–water partition coefficient (Wildman–Crippen LogP) is 3.42. The Labute approximate surface area is 136 Å². The van der Waals surface area contributed by atoms with Gasteiger partial charge in [-0.2, -0.15) is 0 Å². The van der Waals surface area contributed by atoms with E-state index in [9.17, 15) is 4.79 Å². The minimum absolute atomic E-state index is 0.0622. The van der Waals surface area contributed by atoms with Crippen LogP contribution in [0, 0.1) is 0 Å². The molecule has 1 aliphatic rings. The fraction of sp³-hybridized carbons (Fsp3) is 0.333. The van der Waals surface area contributed by atoms with E-state index in [4.69, 9.17) is 0 Å². The van der Waals surface area contributed by atoms with Crippen molar-refractivity contribution >= 4 is 38.3 Å². The number of thiazole rings is 1. The van der Waals surface area contributed by atoms with Crippen molar-refractivity contribution < 1.29 is 4.79 Å². The molecule has 2 aromatic rings. The third-order valence-corrected chi connectivity index (χ3v) is 4.94. The largest absolute Gasteiger partial charge is 0.302 e. The zero-order chi connectivity index (χ0) is 14.8. The number of carbonyl (C=O) groups excluding carboxylic acids is 1. The number of amides is 1. The topological polar surface area (TPSA) is 45.2 Å². The van der Waals surface area contributed by atoms with E-state index in [0.717, 1.165) is 41.4 Å². The van der Waals surface area contributed by atoms with Crippen molar-refractivity contribution in [1.82, 2.24) is 9.88 Å². The Balaban J connectivity index is 1.67. The molecule has 6 heteroatoms. The second kappa shape index (κ2) is 6.25. The minimum atomic E-state index is -0.0622. The SMILES string of the molecule is CC(=O)Nc1nc2c(s1)CN(Cc1ccc(Br)cc1)CC2. The average Bonchev–Trinajstić information content (AvgIpc) is 2.82. The molecule has 0 saturated heterocycles. The molecular formula is C15H16BrN3OS. The van der Waals surface area contributed by atoms with E-state index in [1.54, 1.807) is 11.3 Å². The fourth-order valence-corrected chi connectivity index (χ4v) is 3.80. The van der Waals surface area contributed by atoms with E-state index in [1.165, 1.54) is 17.4 Å². The van der Waals surface area contributed by atoms with Crippen LogP contribution in [0.1, 0.15) is 23.1 Å². The molecule has 4 nitrogen and oxygen atoms in total. The number of anilines is 1. The molecular weight excluding hydrogens is 350 g/mol. The molecule has 0 unspecified atom stereocenters. The monoisotopic (exact) mass is 365 g/mol. The first kappa shape index (κ1) is 14.7. The number of benzene rings is 1. The lowest BCUT2D eigenvalue weighted by molar-refractivity contribution is -0.114. The number of aromatic nitrogens is 1. The van der Waals surface area contributed by atoms with Gasteiger partial charge >= 0.3 is 0 Å². The molecule has 0 radical (unpaired) electrons. The standard InChI is InChI=1S/C15H16BrN3OS/c1-10(20)17-15-18-13-6-7-19(9-14(13)21-15)8-11-2-4-12(16)5-3-11/h2-5H,6-9H2,1H3,(H,17,18,20). The van der Waals surface area contributed by atoms with Crippen molar-refractivity contribution in [1.29, 1.82) is 0 Å². The third kappa shape index (κ3) is 3.70. The molecule has 0 fully saturated rings. The van der Waals surface area contributed by atoms with Gasteiger partial charge in [0.15, 0.2) is 5.13 Å². The van der Waals surface area contributed by atoms with E-state index in [-0.39, 0.29) is 5.91 Å². The molecule has 1 aliphatic heterocycles. The smallest absolute Gasteiger partial charge is 0.223 e. The van der Waals surface area contributed by atoms with Crippen molar-refractivity contribution in [3.8, 4) is 0 Å². The van der Waals surface area contributed by atoms with Crippen LogP contribution >= 0.6 is 27.3 Å². The van der Waals surface area contributed by atoms with Gasteiger partial charge in [-0.05, 0) is 17.7 Å². The molecule has 110 valence electrons. The van der Waals surface area contributed by atoms with E-state index >= 15 is 0 Å². The van der Waals surface area contributed by atoms with E-state index in [2.05, 4.69) is 55.4 Å². The Morgan fingerprint density at radius 3 is 2.90 bits per heavy atom. The van der Waals surface area contributed by atoms with Gasteiger partial charge in [0.2, 0.25) is 5.91 Å². The molecule has 1 amide bonds. The summed E-state index contributed by atoms with van der Waals surface area (Å²) in [4.78, 5) is 19.3. The molecule has 0 spiro atoms. The molecule has 1 aromatic carbocycles. The molecule has 2 heterocycles. The normalized spacial score (nSPS) is 14.8. The van der Waals surface area contributed by atoms with E-state index in [1.807, 2.05) is 0 Å². The summed E-state index contributed by atoms with van der Waals surface area (Å²) in [5, 5.41) is 3.50. The van der Waals surface area contributed by atoms with Gasteiger partial charge in [-0.1, -0.05) is 28.1 Å². The summed E-state index contributed by atoms with van der Waals surface area (Å²) in [6, 6.07) is 8.45. The van der Waals surface area contributed by atoms with Crippen LogP contribution < -0.4 is 5.32 Å². The quantitative estimate of drug-likeness (QED) is 0.906. The molecule has 0 saturated carbocycles. The Morgan fingerprint density at radius 2 is 2.19 bits per heavy atom. The lowest BCUT2D eigenvalue weighted by Crippen LogP contribution is -2.29. The summed E-state index contributed by atoms with van der Waals surface area (Å²) in [6.45, 7) is 4.37. The number of fused-ring (bicyclic) bond motifs is 1. The Bertz CT molecular complexity index is 653. The number of hydrogen-bond acceptors (Lipinski definition) is 4. The highest BCUT2D eigenvalue weighted by Crippen LogP contribution is 2.29. The highest BCUT2D eigenvalue weighted by Gasteiger charge is 2.21. The number of nitrogens with zero attached hydrogens (tertiary/aromatic N) is 2. The number of nitrogens with one attached hydrogen (secondary N) is 1. The highest BCUT2D eigenvalue weighted by molar-refractivity contribution is 9.10. The van der Waals surface area contributed by atoms with Gasteiger partial charge in [0.1, 0.15) is 0 Å². The van der Waals surface area contributed by atoms with Gasteiger partial charge < -0.3 is 5.32 Å². The van der Waals surface area contributed by atoms with Crippen LogP contribution in [0.4, 0.5) is 5.13 Å². The fourth-order valence-electron chi connectivity index (χ4n) is 2.44. The maximum atomic E-state index is 11.1. The highest BCUT2D eigenvalue weighted by atomic mass is 79.9.